The number of aryl methyl sites for hydroxylation is 1. The molecule has 0 spiro atoms. The Kier molecular flexibility index (Phi) is 3.79. The van der Waals surface area contributed by atoms with Crippen LogP contribution in [0.2, 0.25) is 0 Å². The second-order valence-electron chi connectivity index (χ2n) is 4.96. The molecule has 3 nitrogen and oxygen atoms in total. The molecule has 0 unspecified atom stereocenters. The van der Waals surface area contributed by atoms with Crippen molar-refractivity contribution in [1.29, 1.82) is 0 Å². The minimum absolute atomic E-state index is 0.823. The summed E-state index contributed by atoms with van der Waals surface area (Å²) in [6, 6.07) is 14.7. The van der Waals surface area contributed by atoms with Crippen LogP contribution in [0.5, 0.6) is 0 Å². The van der Waals surface area contributed by atoms with Crippen LogP contribution in [0, 0.1) is 0 Å². The van der Waals surface area contributed by atoms with Crippen LogP contribution in [-0.2, 0) is 19.5 Å². The zero-order valence-corrected chi connectivity index (χ0v) is 11.7. The number of pyridine rings is 1. The van der Waals surface area contributed by atoms with Crippen molar-refractivity contribution < 1.29 is 0 Å². The minimum Gasteiger partial charge on any atom is -0.307 e. The number of benzene rings is 1. The highest BCUT2D eigenvalue weighted by Crippen LogP contribution is 2.10. The molecule has 0 saturated heterocycles. The molecule has 1 N–H and O–H groups in total. The summed E-state index contributed by atoms with van der Waals surface area (Å²) in [5.41, 5.74) is 4.85. The molecule has 0 aliphatic heterocycles. The van der Waals surface area contributed by atoms with Gasteiger partial charge in [0, 0.05) is 19.3 Å². The third kappa shape index (κ3) is 2.73. The molecule has 0 bridgehead atoms. The first kappa shape index (κ1) is 12.9. The van der Waals surface area contributed by atoms with Gasteiger partial charge in [0.15, 0.2) is 0 Å². The molecule has 2 heterocycles. The van der Waals surface area contributed by atoms with Crippen molar-refractivity contribution in [2.45, 2.75) is 26.4 Å². The van der Waals surface area contributed by atoms with E-state index >= 15 is 0 Å². The molecular weight excluding hydrogens is 246 g/mol. The van der Waals surface area contributed by atoms with Gasteiger partial charge in [0.2, 0.25) is 0 Å². The summed E-state index contributed by atoms with van der Waals surface area (Å²) in [5.74, 6) is 0. The topological polar surface area (TPSA) is 29.3 Å². The SMILES string of the molecule is CCc1ccc2ncc(CNCc3ccccc3)n2c1. The summed E-state index contributed by atoms with van der Waals surface area (Å²) < 4.78 is 2.18. The maximum absolute atomic E-state index is 4.44. The molecule has 0 amide bonds. The summed E-state index contributed by atoms with van der Waals surface area (Å²) in [4.78, 5) is 4.44. The minimum atomic E-state index is 0.823. The quantitative estimate of drug-likeness (QED) is 0.767. The molecule has 0 aliphatic carbocycles. The van der Waals surface area contributed by atoms with E-state index in [-0.39, 0.29) is 0 Å². The fourth-order valence-corrected chi connectivity index (χ4v) is 2.35. The molecule has 3 aromatic rings. The second-order valence-corrected chi connectivity index (χ2v) is 4.96. The van der Waals surface area contributed by atoms with Crippen LogP contribution in [0.4, 0.5) is 0 Å². The van der Waals surface area contributed by atoms with E-state index in [1.54, 1.807) is 0 Å². The smallest absolute Gasteiger partial charge is 0.136 e. The molecule has 0 radical (unpaired) electrons. The molecule has 0 saturated carbocycles. The van der Waals surface area contributed by atoms with Gasteiger partial charge in [-0.1, -0.05) is 43.3 Å². The third-order valence-electron chi connectivity index (χ3n) is 3.53. The van der Waals surface area contributed by atoms with Crippen LogP contribution in [-0.4, -0.2) is 9.38 Å². The van der Waals surface area contributed by atoms with E-state index in [9.17, 15) is 0 Å². The van der Waals surface area contributed by atoms with Crippen molar-refractivity contribution in [2.24, 2.45) is 0 Å². The Hall–Kier alpha value is -2.13. The van der Waals surface area contributed by atoms with Gasteiger partial charge >= 0.3 is 0 Å². The Morgan fingerprint density at radius 2 is 1.85 bits per heavy atom. The van der Waals surface area contributed by atoms with Gasteiger partial charge < -0.3 is 9.72 Å². The van der Waals surface area contributed by atoms with Crippen molar-refractivity contribution in [2.75, 3.05) is 0 Å². The number of hydrogen-bond acceptors (Lipinski definition) is 2. The van der Waals surface area contributed by atoms with Gasteiger partial charge in [-0.25, -0.2) is 4.98 Å². The number of nitrogens with zero attached hydrogens (tertiary/aromatic N) is 2. The standard InChI is InChI=1S/C17H19N3/c1-2-14-8-9-17-19-12-16(20(17)13-14)11-18-10-15-6-4-3-5-7-15/h3-9,12-13,18H,2,10-11H2,1H3. The predicted octanol–water partition coefficient (Wildman–Crippen LogP) is 3.19. The summed E-state index contributed by atoms with van der Waals surface area (Å²) in [7, 11) is 0. The number of nitrogens with one attached hydrogen (secondary N) is 1. The number of hydrogen-bond donors (Lipinski definition) is 1. The lowest BCUT2D eigenvalue weighted by molar-refractivity contribution is 0.675. The van der Waals surface area contributed by atoms with E-state index in [2.05, 4.69) is 64.2 Å². The maximum atomic E-state index is 4.44. The van der Waals surface area contributed by atoms with Gasteiger partial charge in [-0.2, -0.15) is 0 Å². The van der Waals surface area contributed by atoms with Crippen LogP contribution in [0.15, 0.2) is 54.9 Å². The van der Waals surface area contributed by atoms with E-state index in [1.807, 2.05) is 12.3 Å². The predicted molar refractivity (Wildman–Crippen MR) is 81.6 cm³/mol. The average molecular weight is 265 g/mol. The Morgan fingerprint density at radius 1 is 1.00 bits per heavy atom. The highest BCUT2D eigenvalue weighted by molar-refractivity contribution is 5.41. The van der Waals surface area contributed by atoms with E-state index in [1.165, 1.54) is 16.8 Å². The van der Waals surface area contributed by atoms with Crippen LogP contribution >= 0.6 is 0 Å². The second kappa shape index (κ2) is 5.88. The third-order valence-corrected chi connectivity index (χ3v) is 3.53. The first-order valence-corrected chi connectivity index (χ1v) is 7.06. The van der Waals surface area contributed by atoms with Crippen LogP contribution in [0.3, 0.4) is 0 Å². The zero-order chi connectivity index (χ0) is 13.8. The lowest BCUT2D eigenvalue weighted by atomic mass is 10.2. The molecule has 1 aromatic carbocycles. The molecule has 20 heavy (non-hydrogen) atoms. The van der Waals surface area contributed by atoms with Crippen molar-refractivity contribution in [3.63, 3.8) is 0 Å². The molecule has 0 atom stereocenters. The number of rotatable bonds is 5. The fourth-order valence-electron chi connectivity index (χ4n) is 2.35. The molecule has 0 aliphatic rings. The summed E-state index contributed by atoms with van der Waals surface area (Å²) in [6.45, 7) is 3.87. The molecular formula is C17H19N3. The summed E-state index contributed by atoms with van der Waals surface area (Å²) in [6.07, 6.45) is 5.18. The highest BCUT2D eigenvalue weighted by Gasteiger charge is 2.03. The lowest BCUT2D eigenvalue weighted by Crippen LogP contribution is -2.14. The van der Waals surface area contributed by atoms with Gasteiger partial charge in [0.1, 0.15) is 5.65 Å². The van der Waals surface area contributed by atoms with Gasteiger partial charge in [0.25, 0.3) is 0 Å². The largest absolute Gasteiger partial charge is 0.307 e. The zero-order valence-electron chi connectivity index (χ0n) is 11.7. The molecule has 2 aromatic heterocycles. The van der Waals surface area contributed by atoms with Crippen LogP contribution in [0.1, 0.15) is 23.7 Å². The summed E-state index contributed by atoms with van der Waals surface area (Å²) >= 11 is 0. The van der Waals surface area contributed by atoms with Crippen LogP contribution in [0.25, 0.3) is 5.65 Å². The fraction of sp³-hybridized carbons (Fsp3) is 0.235. The van der Waals surface area contributed by atoms with Crippen molar-refractivity contribution in [1.82, 2.24) is 14.7 Å². The van der Waals surface area contributed by atoms with Crippen molar-refractivity contribution in [3.05, 3.63) is 71.7 Å². The monoisotopic (exact) mass is 265 g/mol. The van der Waals surface area contributed by atoms with Gasteiger partial charge in [-0.15, -0.1) is 0 Å². The normalized spacial score (nSPS) is 11.1. The Labute approximate surface area is 119 Å². The van der Waals surface area contributed by atoms with Gasteiger partial charge in [0.05, 0.1) is 11.9 Å². The number of imidazole rings is 1. The van der Waals surface area contributed by atoms with Gasteiger partial charge in [-0.05, 0) is 23.6 Å². The molecule has 3 rings (SSSR count). The summed E-state index contributed by atoms with van der Waals surface area (Å²) in [5, 5.41) is 3.47. The van der Waals surface area contributed by atoms with E-state index in [0.717, 1.165) is 25.2 Å². The lowest BCUT2D eigenvalue weighted by Gasteiger charge is -2.06. The highest BCUT2D eigenvalue weighted by atomic mass is 15.0. The van der Waals surface area contributed by atoms with Crippen molar-refractivity contribution in [3.8, 4) is 0 Å². The first-order chi connectivity index (χ1) is 9.86. The Bertz CT molecular complexity index is 686. The average Bonchev–Trinajstić information content (AvgIpc) is 2.91. The Balaban J connectivity index is 1.71. The number of fused-ring (bicyclic) bond motifs is 1. The van der Waals surface area contributed by atoms with Gasteiger partial charge in [-0.3, -0.25) is 0 Å². The van der Waals surface area contributed by atoms with E-state index in [4.69, 9.17) is 0 Å². The van der Waals surface area contributed by atoms with Crippen LogP contribution < -0.4 is 5.32 Å². The molecule has 3 heteroatoms. The van der Waals surface area contributed by atoms with E-state index in [0.29, 0.717) is 0 Å². The Morgan fingerprint density at radius 3 is 2.65 bits per heavy atom. The molecule has 102 valence electrons. The maximum Gasteiger partial charge on any atom is 0.136 e. The first-order valence-electron chi connectivity index (χ1n) is 7.06. The van der Waals surface area contributed by atoms with Crippen molar-refractivity contribution >= 4 is 5.65 Å². The number of aromatic nitrogens is 2. The molecule has 0 fully saturated rings. The van der Waals surface area contributed by atoms with E-state index < -0.39 is 0 Å².